The number of fused-ring (bicyclic) bond motifs is 6. The zero-order valence-corrected chi connectivity index (χ0v) is 12.5. The molecule has 2 bridgehead atoms. The minimum atomic E-state index is 0.746. The lowest BCUT2D eigenvalue weighted by Gasteiger charge is -2.32. The van der Waals surface area contributed by atoms with E-state index in [1.165, 1.54) is 47.9 Å². The molecule has 1 heterocycles. The van der Waals surface area contributed by atoms with Gasteiger partial charge < -0.3 is 5.32 Å². The molecule has 1 nitrogen and oxygen atoms in total. The fourth-order valence-electron chi connectivity index (χ4n) is 5.50. The Hall–Kier alpha value is -1.02. The summed E-state index contributed by atoms with van der Waals surface area (Å²) in [5, 5.41) is 7.45. The fraction of sp³-hybridized carbons (Fsp3) is 0.556. The molecule has 0 spiro atoms. The van der Waals surface area contributed by atoms with Crippen LogP contribution < -0.4 is 5.32 Å². The summed E-state index contributed by atoms with van der Waals surface area (Å²) in [5.74, 6) is 4.15. The third-order valence-corrected chi connectivity index (χ3v) is 7.13. The molecule has 2 heteroatoms. The van der Waals surface area contributed by atoms with Gasteiger partial charge in [0.25, 0.3) is 0 Å². The van der Waals surface area contributed by atoms with E-state index < -0.39 is 0 Å². The normalized spacial score (nSPS) is 38.5. The van der Waals surface area contributed by atoms with Crippen molar-refractivity contribution in [1.29, 1.82) is 0 Å². The first-order chi connectivity index (χ1) is 9.88. The van der Waals surface area contributed by atoms with Crippen LogP contribution in [0.3, 0.4) is 0 Å². The maximum atomic E-state index is 3.87. The summed E-state index contributed by atoms with van der Waals surface area (Å²) in [7, 11) is 0. The Bertz CT molecular complexity index is 646. The van der Waals surface area contributed by atoms with Crippen molar-refractivity contribution < 1.29 is 0 Å². The lowest BCUT2D eigenvalue weighted by atomic mass is 9.79. The molecule has 0 radical (unpaired) electrons. The molecule has 3 aliphatic carbocycles. The fourth-order valence-corrected chi connectivity index (χ4v) is 6.28. The summed E-state index contributed by atoms with van der Waals surface area (Å²) in [6.07, 6.45) is 7.46. The summed E-state index contributed by atoms with van der Waals surface area (Å²) < 4.78 is 1.40. The van der Waals surface area contributed by atoms with Crippen LogP contribution in [0, 0.1) is 23.7 Å². The number of hydrogen-bond acceptors (Lipinski definition) is 2. The molecule has 0 amide bonds. The minimum absolute atomic E-state index is 0.746. The van der Waals surface area contributed by atoms with Crippen molar-refractivity contribution in [1.82, 2.24) is 0 Å². The highest BCUT2D eigenvalue weighted by atomic mass is 32.1. The summed E-state index contributed by atoms with van der Waals surface area (Å²) in [6, 6.07) is 9.86. The van der Waals surface area contributed by atoms with Gasteiger partial charge >= 0.3 is 0 Å². The van der Waals surface area contributed by atoms with Gasteiger partial charge in [-0.1, -0.05) is 6.42 Å². The molecule has 5 unspecified atom stereocenters. The Kier molecular flexibility index (Phi) is 2.46. The molecule has 104 valence electrons. The molecule has 20 heavy (non-hydrogen) atoms. The van der Waals surface area contributed by atoms with E-state index in [2.05, 4.69) is 35.0 Å². The Morgan fingerprint density at radius 3 is 2.95 bits per heavy atom. The van der Waals surface area contributed by atoms with Gasteiger partial charge in [-0.15, -0.1) is 11.3 Å². The van der Waals surface area contributed by atoms with Crippen LogP contribution in [0.5, 0.6) is 0 Å². The van der Waals surface area contributed by atoms with E-state index in [0.29, 0.717) is 0 Å². The molecule has 0 aliphatic heterocycles. The van der Waals surface area contributed by atoms with Crippen LogP contribution in [0.2, 0.25) is 0 Å². The van der Waals surface area contributed by atoms with Crippen molar-refractivity contribution in [2.45, 2.75) is 38.1 Å². The molecular formula is C18H21NS. The molecule has 3 fully saturated rings. The number of rotatable bonds is 2. The highest BCUT2D eigenvalue weighted by molar-refractivity contribution is 7.17. The molecule has 2 aromatic rings. The molecule has 0 saturated heterocycles. The molecule has 1 aromatic carbocycles. The van der Waals surface area contributed by atoms with E-state index in [-0.39, 0.29) is 0 Å². The van der Waals surface area contributed by atoms with Crippen LogP contribution in [0.1, 0.15) is 32.1 Å². The largest absolute Gasteiger partial charge is 0.382 e. The quantitative estimate of drug-likeness (QED) is 0.805. The zero-order chi connectivity index (χ0) is 13.1. The molecule has 3 saturated carbocycles. The van der Waals surface area contributed by atoms with Crippen molar-refractivity contribution >= 4 is 27.1 Å². The van der Waals surface area contributed by atoms with Crippen LogP contribution in [0.25, 0.3) is 10.1 Å². The molecule has 1 aromatic heterocycles. The first kappa shape index (κ1) is 11.6. The van der Waals surface area contributed by atoms with Crippen LogP contribution in [-0.4, -0.2) is 6.04 Å². The van der Waals surface area contributed by atoms with E-state index in [1.807, 2.05) is 11.3 Å². The molecule has 5 atom stereocenters. The van der Waals surface area contributed by atoms with Crippen molar-refractivity contribution in [3.63, 3.8) is 0 Å². The van der Waals surface area contributed by atoms with Crippen molar-refractivity contribution in [3.8, 4) is 0 Å². The average Bonchev–Trinajstić information content (AvgIpc) is 3.20. The highest BCUT2D eigenvalue weighted by Crippen LogP contribution is 2.59. The minimum Gasteiger partial charge on any atom is -0.382 e. The van der Waals surface area contributed by atoms with Gasteiger partial charge in [0.2, 0.25) is 0 Å². The number of hydrogen-bond donors (Lipinski definition) is 1. The standard InChI is InChI=1S/C18H21NS/c1-2-14-12-9-16(15(14)3-1)17(10-12)19-13-4-5-18-11(8-13)6-7-20-18/h4-8,12,14-17,19H,1-3,9-10H2. The summed E-state index contributed by atoms with van der Waals surface area (Å²) in [5.41, 5.74) is 1.34. The summed E-state index contributed by atoms with van der Waals surface area (Å²) in [6.45, 7) is 0. The van der Waals surface area contributed by atoms with Crippen LogP contribution in [0.15, 0.2) is 29.6 Å². The predicted molar refractivity (Wildman–Crippen MR) is 86.3 cm³/mol. The van der Waals surface area contributed by atoms with Gasteiger partial charge in [-0.3, -0.25) is 0 Å². The first-order valence-corrected chi connectivity index (χ1v) is 9.00. The van der Waals surface area contributed by atoms with Crippen LogP contribution in [0.4, 0.5) is 5.69 Å². The van der Waals surface area contributed by atoms with E-state index in [1.54, 1.807) is 0 Å². The Morgan fingerprint density at radius 1 is 1.00 bits per heavy atom. The van der Waals surface area contributed by atoms with Crippen LogP contribution >= 0.6 is 11.3 Å². The Labute approximate surface area is 124 Å². The van der Waals surface area contributed by atoms with Gasteiger partial charge in [-0.2, -0.15) is 0 Å². The second-order valence-corrected chi connectivity index (χ2v) is 8.03. The molecular weight excluding hydrogens is 262 g/mol. The van der Waals surface area contributed by atoms with E-state index in [9.17, 15) is 0 Å². The second-order valence-electron chi connectivity index (χ2n) is 7.08. The van der Waals surface area contributed by atoms with Crippen molar-refractivity contribution in [3.05, 3.63) is 29.6 Å². The van der Waals surface area contributed by atoms with Crippen molar-refractivity contribution in [2.75, 3.05) is 5.32 Å². The Balaban J connectivity index is 1.39. The van der Waals surface area contributed by atoms with Gasteiger partial charge in [0.15, 0.2) is 0 Å². The lowest BCUT2D eigenvalue weighted by molar-refractivity contribution is 0.243. The first-order valence-electron chi connectivity index (χ1n) is 8.12. The zero-order valence-electron chi connectivity index (χ0n) is 11.7. The smallest absolute Gasteiger partial charge is 0.0349 e. The molecule has 1 N–H and O–H groups in total. The maximum Gasteiger partial charge on any atom is 0.0349 e. The monoisotopic (exact) mass is 283 g/mol. The number of anilines is 1. The third-order valence-electron chi connectivity index (χ3n) is 6.23. The third kappa shape index (κ3) is 1.60. The number of thiophene rings is 1. The second kappa shape index (κ2) is 4.24. The molecule has 5 rings (SSSR count). The Morgan fingerprint density at radius 2 is 1.95 bits per heavy atom. The predicted octanol–water partition coefficient (Wildman–Crippen LogP) is 5.14. The SMILES string of the molecule is c1cc2cc(NC3CC4CC3C3CCCC43)ccc2s1. The van der Waals surface area contributed by atoms with E-state index in [0.717, 1.165) is 29.7 Å². The van der Waals surface area contributed by atoms with Crippen LogP contribution in [-0.2, 0) is 0 Å². The summed E-state index contributed by atoms with van der Waals surface area (Å²) in [4.78, 5) is 0. The van der Waals surface area contributed by atoms with Crippen molar-refractivity contribution in [2.24, 2.45) is 23.7 Å². The van der Waals surface area contributed by atoms with E-state index >= 15 is 0 Å². The summed E-state index contributed by atoms with van der Waals surface area (Å²) >= 11 is 1.84. The number of benzene rings is 1. The number of nitrogens with one attached hydrogen (secondary N) is 1. The van der Waals surface area contributed by atoms with Gasteiger partial charge in [-0.05, 0) is 84.4 Å². The highest BCUT2D eigenvalue weighted by Gasteiger charge is 2.53. The lowest BCUT2D eigenvalue weighted by Crippen LogP contribution is -2.33. The van der Waals surface area contributed by atoms with Gasteiger partial charge in [0.05, 0.1) is 0 Å². The van der Waals surface area contributed by atoms with Gasteiger partial charge in [-0.25, -0.2) is 0 Å². The van der Waals surface area contributed by atoms with Gasteiger partial charge in [0, 0.05) is 16.4 Å². The topological polar surface area (TPSA) is 12.0 Å². The van der Waals surface area contributed by atoms with Gasteiger partial charge in [0.1, 0.15) is 0 Å². The maximum absolute atomic E-state index is 3.87. The van der Waals surface area contributed by atoms with E-state index in [4.69, 9.17) is 0 Å². The molecule has 3 aliphatic rings. The average molecular weight is 283 g/mol.